The SMILES string of the molecule is O=P12OOC[C@@]34O[C@@]56OP7(=O)OC3(OP(=O)(ON(O1)c1ncnc3c1ncn35)O4)[C@@]6(OO2)O7. The second-order valence-corrected chi connectivity index (χ2v) is 11.6. The highest BCUT2D eigenvalue weighted by Gasteiger charge is 3.04. The van der Waals surface area contributed by atoms with Crippen molar-refractivity contribution in [2.75, 3.05) is 11.8 Å². The molecule has 9 aliphatic heterocycles. The van der Waals surface area contributed by atoms with E-state index in [9.17, 15) is 13.7 Å². The molecule has 0 radical (unpaired) electrons. The maximum atomic E-state index is 13.6. The van der Waals surface area contributed by atoms with Gasteiger partial charge in [-0.15, -0.1) is 18.6 Å². The number of ether oxygens (including phenoxy) is 1. The van der Waals surface area contributed by atoms with Gasteiger partial charge in [0.2, 0.25) is 5.82 Å². The van der Waals surface area contributed by atoms with E-state index in [1.807, 2.05) is 0 Å². The van der Waals surface area contributed by atoms with Crippen LogP contribution in [0.15, 0.2) is 12.7 Å². The summed E-state index contributed by atoms with van der Waals surface area (Å²) in [7, 11) is -14.5. The fourth-order valence-electron chi connectivity index (χ4n) is 4.56. The molecule has 0 amide bonds. The second kappa shape index (κ2) is 4.93. The molecule has 7 saturated heterocycles. The van der Waals surface area contributed by atoms with Crippen LogP contribution in [0.2, 0.25) is 0 Å². The number of rotatable bonds is 0. The number of imidazole rings is 1. The Kier molecular flexibility index (Phi) is 2.82. The lowest BCUT2D eigenvalue weighted by atomic mass is 9.98. The van der Waals surface area contributed by atoms with Crippen molar-refractivity contribution in [1.82, 2.24) is 19.5 Å². The molecule has 12 bridgehead atoms. The van der Waals surface area contributed by atoms with Crippen molar-refractivity contribution in [2.24, 2.45) is 0 Å². The van der Waals surface area contributed by atoms with E-state index < -0.39 is 53.3 Å². The van der Waals surface area contributed by atoms with Crippen molar-refractivity contribution >= 4 is 40.4 Å². The van der Waals surface area contributed by atoms with Gasteiger partial charge >= 0.3 is 41.0 Å². The van der Waals surface area contributed by atoms with Gasteiger partial charge in [0.15, 0.2) is 11.2 Å². The van der Waals surface area contributed by atoms with Gasteiger partial charge in [0.25, 0.3) is 5.79 Å². The summed E-state index contributed by atoms with van der Waals surface area (Å²) < 4.78 is 95.3. The van der Waals surface area contributed by atoms with Gasteiger partial charge in [-0.05, 0) is 0 Å². The summed E-state index contributed by atoms with van der Waals surface area (Å²) in [6.07, 6.45) is 2.16. The molecule has 4 unspecified atom stereocenters. The minimum atomic E-state index is -4.97. The molecular weight excluding hydrogens is 523 g/mol. The van der Waals surface area contributed by atoms with E-state index in [4.69, 9.17) is 55.7 Å². The predicted molar refractivity (Wildman–Crippen MR) is 84.7 cm³/mol. The molecule has 20 nitrogen and oxygen atoms in total. The largest absolute Gasteiger partial charge is 0.553 e. The molecule has 9 aliphatic rings. The van der Waals surface area contributed by atoms with Crippen LogP contribution in [0.1, 0.15) is 0 Å². The van der Waals surface area contributed by atoms with Gasteiger partial charge in [-0.25, -0.2) is 56.2 Å². The number of hydrogen-bond donors (Lipinski definition) is 0. The molecule has 174 valence electrons. The first-order valence-electron chi connectivity index (χ1n) is 8.79. The molecule has 0 aliphatic carbocycles. The van der Waals surface area contributed by atoms with Gasteiger partial charge in [-0.3, -0.25) is 9.30 Å². The highest BCUT2D eigenvalue weighted by atomic mass is 31.2. The summed E-state index contributed by atoms with van der Waals surface area (Å²) in [6, 6.07) is 0. The first-order chi connectivity index (χ1) is 15.7. The molecular formula is C10H4N5O15P3. The standard InChI is InChI=1S/C10H4N5O15P3/c16-31-23-8-7-1-19-29-33(18)28-15(27-32(17,22-7)24-8)6-4-5(11-2-12-6)14(3-13-4)10(20-7,26-31)9(8,25-31)21-30-33/h2-3H,1H2/t7-,8?,9+,10-,31?,32?,33?/m0/s1. The maximum Gasteiger partial charge on any atom is 0.553 e. The van der Waals surface area contributed by atoms with Crippen LogP contribution in [-0.4, -0.2) is 43.5 Å². The third kappa shape index (κ3) is 1.74. The van der Waals surface area contributed by atoms with Crippen LogP contribution in [0.5, 0.6) is 0 Å². The average Bonchev–Trinajstić information content (AvgIpc) is 3.41. The lowest BCUT2D eigenvalue weighted by Gasteiger charge is -2.38. The number of aromatic nitrogens is 4. The highest BCUT2D eigenvalue weighted by molar-refractivity contribution is 7.50. The summed E-state index contributed by atoms with van der Waals surface area (Å²) in [4.78, 5) is 22.6. The van der Waals surface area contributed by atoms with Gasteiger partial charge in [0, 0.05) is 0 Å². The molecule has 11 heterocycles. The summed E-state index contributed by atoms with van der Waals surface area (Å²) in [5.41, 5.74) is -0.145. The van der Waals surface area contributed by atoms with E-state index in [2.05, 4.69) is 15.0 Å². The summed E-state index contributed by atoms with van der Waals surface area (Å²) in [6.45, 7) is -0.905. The smallest absolute Gasteiger partial charge is 0.286 e. The zero-order chi connectivity index (χ0) is 22.1. The summed E-state index contributed by atoms with van der Waals surface area (Å²) in [5.74, 6) is -10.8. The van der Waals surface area contributed by atoms with E-state index >= 15 is 0 Å². The average molecular weight is 527 g/mol. The molecule has 3 spiro atoms. The predicted octanol–water partition coefficient (Wildman–Crippen LogP) is 0.611. The number of phosphoric ester groups is 2. The van der Waals surface area contributed by atoms with Crippen molar-refractivity contribution in [3.8, 4) is 0 Å². The Labute approximate surface area is 178 Å². The van der Waals surface area contributed by atoms with Crippen LogP contribution in [0.3, 0.4) is 0 Å². The summed E-state index contributed by atoms with van der Waals surface area (Å²) in [5, 5.41) is 0.240. The van der Waals surface area contributed by atoms with Crippen molar-refractivity contribution in [3.63, 3.8) is 0 Å². The van der Waals surface area contributed by atoms with E-state index in [0.717, 1.165) is 17.2 Å². The number of anilines is 1. The second-order valence-electron chi connectivity index (χ2n) is 7.37. The Hall–Kier alpha value is -1.44. The van der Waals surface area contributed by atoms with Gasteiger partial charge in [0.1, 0.15) is 19.3 Å². The van der Waals surface area contributed by atoms with E-state index in [1.54, 1.807) is 0 Å². The fourth-order valence-corrected chi connectivity index (χ4v) is 8.85. The topological polar surface area (TPSA) is 209 Å². The van der Waals surface area contributed by atoms with Gasteiger partial charge < -0.3 is 0 Å². The molecule has 7 atom stereocenters. The normalized spacial score (nSPS) is 54.8. The summed E-state index contributed by atoms with van der Waals surface area (Å²) >= 11 is 0. The molecule has 33 heavy (non-hydrogen) atoms. The van der Waals surface area contributed by atoms with E-state index in [0.29, 0.717) is 0 Å². The Balaban J connectivity index is 1.52. The maximum absolute atomic E-state index is 13.6. The Morgan fingerprint density at radius 2 is 1.70 bits per heavy atom. The van der Waals surface area contributed by atoms with Crippen LogP contribution in [0.25, 0.3) is 11.2 Å². The number of hydrogen-bond acceptors (Lipinski definition) is 19. The minimum Gasteiger partial charge on any atom is -0.286 e. The minimum absolute atomic E-state index is 0.0507. The monoisotopic (exact) mass is 527 g/mol. The number of phosphoric acid groups is 3. The molecule has 0 saturated carbocycles. The zero-order valence-electron chi connectivity index (χ0n) is 15.1. The molecule has 0 aromatic carbocycles. The van der Waals surface area contributed by atoms with Gasteiger partial charge in [-0.2, -0.15) is 4.89 Å². The van der Waals surface area contributed by atoms with E-state index in [1.165, 1.54) is 0 Å². The van der Waals surface area contributed by atoms with Crippen LogP contribution >= 0.6 is 23.5 Å². The Morgan fingerprint density at radius 1 is 0.879 bits per heavy atom. The lowest BCUT2D eigenvalue weighted by molar-refractivity contribution is -0.467. The van der Waals surface area contributed by atoms with Crippen LogP contribution < -0.4 is 5.23 Å². The van der Waals surface area contributed by atoms with Crippen molar-refractivity contribution < 1.29 is 69.4 Å². The first kappa shape index (κ1) is 18.8. The first-order valence-corrected chi connectivity index (χ1v) is 13.2. The fraction of sp³-hybridized carbons (Fsp3) is 0.500. The third-order valence-electron chi connectivity index (χ3n) is 5.66. The van der Waals surface area contributed by atoms with Crippen LogP contribution in [0, 0.1) is 0 Å². The molecule has 2 aromatic heterocycles. The van der Waals surface area contributed by atoms with Crippen molar-refractivity contribution in [1.29, 1.82) is 0 Å². The Bertz CT molecular complexity index is 1480. The van der Waals surface area contributed by atoms with E-state index in [-0.39, 0.29) is 22.2 Å². The quantitative estimate of drug-likeness (QED) is 0.339. The highest BCUT2D eigenvalue weighted by Crippen LogP contribution is 2.89. The Morgan fingerprint density at radius 3 is 2.61 bits per heavy atom. The zero-order valence-corrected chi connectivity index (χ0v) is 17.7. The molecule has 7 fully saturated rings. The number of nitrogens with zero attached hydrogens (tertiary/aromatic N) is 5. The molecule has 23 heteroatoms. The van der Waals surface area contributed by atoms with Crippen LogP contribution in [0.4, 0.5) is 5.82 Å². The number of fused-ring (bicyclic) bond motifs is 3. The van der Waals surface area contributed by atoms with Crippen molar-refractivity contribution in [3.05, 3.63) is 12.7 Å². The van der Waals surface area contributed by atoms with Crippen LogP contribution in [-0.2, 0) is 75.3 Å². The third-order valence-corrected chi connectivity index (χ3v) is 9.33. The molecule has 0 N–H and O–H groups in total. The molecule has 11 rings (SSSR count). The lowest BCUT2D eigenvalue weighted by Crippen LogP contribution is -2.66. The van der Waals surface area contributed by atoms with Gasteiger partial charge in [-0.1, -0.05) is 5.23 Å². The van der Waals surface area contributed by atoms with Gasteiger partial charge in [0.05, 0.1) is 0 Å². The molecule has 2 aromatic rings. The van der Waals surface area contributed by atoms with Crippen molar-refractivity contribution in [2.45, 2.75) is 23.3 Å².